The summed E-state index contributed by atoms with van der Waals surface area (Å²) in [4.78, 5) is 25.5. The van der Waals surface area contributed by atoms with Gasteiger partial charge in [-0.3, -0.25) is 4.57 Å². The van der Waals surface area contributed by atoms with E-state index in [-0.39, 0.29) is 12.4 Å². The third-order valence-electron chi connectivity index (χ3n) is 7.02. The molecule has 41 heavy (non-hydrogen) atoms. The molecule has 12 heteroatoms. The topological polar surface area (TPSA) is 158 Å². The van der Waals surface area contributed by atoms with Gasteiger partial charge in [-0.1, -0.05) is 36.8 Å². The number of aliphatic hydroxyl groups excluding tert-OH is 1. The van der Waals surface area contributed by atoms with E-state index in [4.69, 9.17) is 19.7 Å². The predicted molar refractivity (Wildman–Crippen MR) is 157 cm³/mol. The van der Waals surface area contributed by atoms with Crippen molar-refractivity contribution in [1.29, 1.82) is 0 Å². The first-order chi connectivity index (χ1) is 19.5. The lowest BCUT2D eigenvalue weighted by atomic mass is 9.91. The summed E-state index contributed by atoms with van der Waals surface area (Å²) in [7, 11) is -1.10. The Balaban J connectivity index is 1.83. The lowest BCUT2D eigenvalue weighted by molar-refractivity contribution is -0.0581. The molecule has 2 heterocycles. The summed E-state index contributed by atoms with van der Waals surface area (Å²) < 4.78 is 29.8. The van der Waals surface area contributed by atoms with Gasteiger partial charge >= 0.3 is 13.9 Å². The number of nitrogen functional groups attached to an aromatic ring is 1. The van der Waals surface area contributed by atoms with Crippen molar-refractivity contribution >= 4 is 14.1 Å². The van der Waals surface area contributed by atoms with E-state index in [0.717, 1.165) is 40.7 Å². The van der Waals surface area contributed by atoms with Crippen LogP contribution in [0.3, 0.4) is 0 Å². The minimum Gasteiger partial charge on any atom is -0.491 e. The van der Waals surface area contributed by atoms with Crippen molar-refractivity contribution in [2.24, 2.45) is 0 Å². The Bertz CT molecular complexity index is 1310. The van der Waals surface area contributed by atoms with Crippen molar-refractivity contribution in [3.8, 4) is 0 Å². The second kappa shape index (κ2) is 15.3. The molecule has 1 aromatic heterocycles. The second-order valence-electron chi connectivity index (χ2n) is 10.5. The van der Waals surface area contributed by atoms with Crippen molar-refractivity contribution in [3.63, 3.8) is 0 Å². The number of rotatable bonds is 14. The van der Waals surface area contributed by atoms with Crippen molar-refractivity contribution in [2.75, 3.05) is 25.9 Å². The number of ether oxygens (including phenoxy) is 2. The molecule has 0 bridgehead atoms. The zero-order valence-corrected chi connectivity index (χ0v) is 25.2. The number of nitrogens with zero attached hydrogens (tertiary/aromatic N) is 2. The molecule has 2 aromatic rings. The van der Waals surface area contributed by atoms with Gasteiger partial charge in [-0.15, -0.1) is 9.42 Å². The number of aliphatic hydroxyl groups is 1. The summed E-state index contributed by atoms with van der Waals surface area (Å²) in [5.41, 5.74) is 9.31. The number of anilines is 1. The first kappa shape index (κ1) is 32.6. The fraction of sp³-hybridized carbons (Fsp3) is 0.517. The lowest BCUT2D eigenvalue weighted by Gasteiger charge is -2.19. The average Bonchev–Trinajstić information content (AvgIpc) is 3.21. The largest absolute Gasteiger partial charge is 0.695 e. The van der Waals surface area contributed by atoms with E-state index in [2.05, 4.69) is 41.5 Å². The third kappa shape index (κ3) is 9.03. The Hall–Kier alpha value is -2.92. The van der Waals surface area contributed by atoms with Gasteiger partial charge in [0, 0.05) is 10.8 Å². The minimum absolute atomic E-state index is 0.0190. The fourth-order valence-corrected chi connectivity index (χ4v) is 5.40. The first-order valence-electron chi connectivity index (χ1n) is 13.8. The van der Waals surface area contributed by atoms with Crippen LogP contribution in [0.5, 0.6) is 0 Å². The molecule has 3 rings (SSSR count). The van der Waals surface area contributed by atoms with Crippen LogP contribution in [0, 0.1) is 0 Å². The summed E-state index contributed by atoms with van der Waals surface area (Å²) in [6.07, 6.45) is 1.19. The van der Waals surface area contributed by atoms with Gasteiger partial charge in [0.1, 0.15) is 30.4 Å². The quantitative estimate of drug-likeness (QED) is 0.145. The highest BCUT2D eigenvalue weighted by Crippen LogP contribution is 2.36. The van der Waals surface area contributed by atoms with Gasteiger partial charge in [-0.2, -0.15) is 4.98 Å². The van der Waals surface area contributed by atoms with Crippen molar-refractivity contribution in [1.82, 2.24) is 14.9 Å². The molecule has 0 radical (unpaired) electrons. The molecule has 6 atom stereocenters. The monoisotopic (exact) mass is 589 g/mol. The Morgan fingerprint density at radius 2 is 2.07 bits per heavy atom. The van der Waals surface area contributed by atoms with E-state index in [1.807, 2.05) is 33.9 Å². The van der Waals surface area contributed by atoms with Crippen LogP contribution in [0.15, 0.2) is 64.3 Å². The molecule has 1 aliphatic heterocycles. The molecule has 0 spiro atoms. The summed E-state index contributed by atoms with van der Waals surface area (Å²) >= 11 is 0. The smallest absolute Gasteiger partial charge is 0.491 e. The molecule has 0 saturated carbocycles. The predicted octanol–water partition coefficient (Wildman–Crippen LogP) is 3.72. The normalized spacial score (nSPS) is 22.2. The van der Waals surface area contributed by atoms with Gasteiger partial charge in [-0.25, -0.2) is 4.79 Å². The highest BCUT2D eigenvalue weighted by Gasteiger charge is 2.50. The highest BCUT2D eigenvalue weighted by molar-refractivity contribution is 7.32. The highest BCUT2D eigenvalue weighted by atomic mass is 31.1. The standard InChI is InChI=1S/C29H41N4O7P/c1-6-21(10-12-31-5)22-9-7-8-20(16-22)15-19(4)23(14-18(2)3)38-17-24-27(40-41(36)37)26(34)28(39-24)33-13-11-25(30)32-29(33)35/h7-9,11,13-14,16,21,24,26-28,31,34H,6,10,12,15,17H2,1-5H3,(H2-,30,32,35,36,37)/p+1/b23-19-/t21?,24-,26-,27-,28-/m1/s1. The number of aromatic nitrogens is 2. The molecular formula is C29H42N4O7P+. The summed E-state index contributed by atoms with van der Waals surface area (Å²) in [6.45, 7) is 8.97. The van der Waals surface area contributed by atoms with E-state index in [9.17, 15) is 19.4 Å². The molecule has 224 valence electrons. The zero-order chi connectivity index (χ0) is 30.1. The van der Waals surface area contributed by atoms with E-state index in [1.54, 1.807) is 0 Å². The fourth-order valence-electron chi connectivity index (χ4n) is 4.93. The zero-order valence-electron chi connectivity index (χ0n) is 24.3. The molecule has 0 aliphatic carbocycles. The SMILES string of the molecule is CCC(CCNC)c1cccc(C/C(C)=C(/C=C(C)C)OC[C@H]2O[C@@H](n3ccc(N)nc3=O)[C@H](O)[C@@H]2O[P+](=O)O)c1. The van der Waals surface area contributed by atoms with Crippen LogP contribution in [-0.4, -0.2) is 58.1 Å². The van der Waals surface area contributed by atoms with E-state index in [1.165, 1.54) is 17.8 Å². The Morgan fingerprint density at radius 1 is 1.32 bits per heavy atom. The second-order valence-corrected chi connectivity index (χ2v) is 11.2. The number of allylic oxidation sites excluding steroid dienone is 3. The minimum atomic E-state index is -3.06. The Kier molecular flexibility index (Phi) is 12.2. The maximum atomic E-state index is 12.4. The van der Waals surface area contributed by atoms with Gasteiger partial charge < -0.3 is 25.6 Å². The number of benzene rings is 1. The van der Waals surface area contributed by atoms with Crippen LogP contribution in [-0.2, 0) is 25.0 Å². The van der Waals surface area contributed by atoms with E-state index >= 15 is 0 Å². The molecule has 0 amide bonds. The summed E-state index contributed by atoms with van der Waals surface area (Å²) in [5, 5.41) is 14.1. The summed E-state index contributed by atoms with van der Waals surface area (Å²) in [6, 6.07) is 9.99. The lowest BCUT2D eigenvalue weighted by Crippen LogP contribution is -2.37. The van der Waals surface area contributed by atoms with Gasteiger partial charge in [0.25, 0.3) is 0 Å². The molecular weight excluding hydrogens is 547 g/mol. The Labute approximate surface area is 242 Å². The summed E-state index contributed by atoms with van der Waals surface area (Å²) in [5.74, 6) is 1.11. The Morgan fingerprint density at radius 3 is 2.71 bits per heavy atom. The molecule has 1 aromatic carbocycles. The van der Waals surface area contributed by atoms with E-state index in [0.29, 0.717) is 18.1 Å². The molecule has 2 unspecified atom stereocenters. The number of nitrogens with two attached hydrogens (primary N) is 1. The number of nitrogens with one attached hydrogen (secondary N) is 1. The van der Waals surface area contributed by atoms with Crippen LogP contribution in [0.1, 0.15) is 63.8 Å². The maximum Gasteiger partial charge on any atom is 0.695 e. The maximum absolute atomic E-state index is 12.4. The molecule has 11 nitrogen and oxygen atoms in total. The average molecular weight is 590 g/mol. The molecule has 1 aliphatic rings. The van der Waals surface area contributed by atoms with Crippen molar-refractivity contribution < 1.29 is 28.6 Å². The van der Waals surface area contributed by atoms with Gasteiger partial charge in [0.15, 0.2) is 12.3 Å². The molecule has 1 fully saturated rings. The number of hydrogen-bond acceptors (Lipinski definition) is 9. The van der Waals surface area contributed by atoms with Crippen LogP contribution >= 0.6 is 8.25 Å². The van der Waals surface area contributed by atoms with Gasteiger partial charge in [-0.05, 0) is 88.4 Å². The van der Waals surface area contributed by atoms with Crippen molar-refractivity contribution in [2.45, 2.75) is 77.4 Å². The third-order valence-corrected chi connectivity index (χ3v) is 7.44. The van der Waals surface area contributed by atoms with E-state index < -0.39 is 38.5 Å². The van der Waals surface area contributed by atoms with Crippen LogP contribution in [0.25, 0.3) is 0 Å². The first-order valence-corrected chi connectivity index (χ1v) is 14.9. The van der Waals surface area contributed by atoms with Gasteiger partial charge in [0.05, 0.1) is 0 Å². The van der Waals surface area contributed by atoms with Crippen molar-refractivity contribution in [3.05, 3.63) is 81.1 Å². The van der Waals surface area contributed by atoms with Crippen LogP contribution in [0.4, 0.5) is 5.82 Å². The molecule has 1 saturated heterocycles. The molecule has 5 N–H and O–H groups in total. The van der Waals surface area contributed by atoms with Crippen LogP contribution < -0.4 is 16.7 Å². The van der Waals surface area contributed by atoms with Crippen LogP contribution in [0.2, 0.25) is 0 Å². The van der Waals surface area contributed by atoms with Gasteiger partial charge in [0.2, 0.25) is 0 Å². The number of hydrogen-bond donors (Lipinski definition) is 4.